The van der Waals surface area contributed by atoms with Crippen molar-refractivity contribution in [3.8, 4) is 11.5 Å². The van der Waals surface area contributed by atoms with Gasteiger partial charge in [0.2, 0.25) is 10.0 Å². The minimum atomic E-state index is -3.82. The number of methoxy groups -OCH3 is 2. The van der Waals surface area contributed by atoms with Crippen LogP contribution in [0.4, 0.5) is 0 Å². The number of ether oxygens (including phenoxy) is 2. The second-order valence-electron chi connectivity index (χ2n) is 7.15. The molecular formula is C21H23N3O5S2. The SMILES string of the molecule is COc1ccc(S(=O)(=O)N2CCCC2C(=O)N=c2sc3cccc(OC)c3n2C)cc1. The number of carbonyl (C=O) groups is 1. The van der Waals surface area contributed by atoms with Gasteiger partial charge in [-0.25, -0.2) is 8.42 Å². The molecule has 0 saturated carbocycles. The van der Waals surface area contributed by atoms with Crippen molar-refractivity contribution in [2.75, 3.05) is 20.8 Å². The summed E-state index contributed by atoms with van der Waals surface area (Å²) in [6.07, 6.45) is 1.04. The molecule has 31 heavy (non-hydrogen) atoms. The quantitative estimate of drug-likeness (QED) is 0.583. The van der Waals surface area contributed by atoms with E-state index in [9.17, 15) is 13.2 Å². The number of aryl methyl sites for hydroxylation is 1. The molecule has 1 aliphatic heterocycles. The lowest BCUT2D eigenvalue weighted by Gasteiger charge is -2.21. The van der Waals surface area contributed by atoms with Gasteiger partial charge in [-0.05, 0) is 49.2 Å². The Labute approximate surface area is 184 Å². The Hall–Kier alpha value is -2.69. The van der Waals surface area contributed by atoms with E-state index in [0.717, 1.165) is 10.2 Å². The van der Waals surface area contributed by atoms with Crippen molar-refractivity contribution >= 4 is 37.5 Å². The molecule has 2 heterocycles. The van der Waals surface area contributed by atoms with Gasteiger partial charge >= 0.3 is 0 Å². The van der Waals surface area contributed by atoms with E-state index in [1.54, 1.807) is 23.8 Å². The summed E-state index contributed by atoms with van der Waals surface area (Å²) >= 11 is 1.36. The third kappa shape index (κ3) is 3.86. The van der Waals surface area contributed by atoms with Crippen LogP contribution in [0.2, 0.25) is 0 Å². The molecule has 3 aromatic rings. The van der Waals surface area contributed by atoms with E-state index in [1.165, 1.54) is 34.9 Å². The molecule has 0 aliphatic carbocycles. The zero-order chi connectivity index (χ0) is 22.2. The summed E-state index contributed by atoms with van der Waals surface area (Å²) < 4.78 is 40.8. The summed E-state index contributed by atoms with van der Waals surface area (Å²) in [7, 11) is 1.10. The molecule has 1 aromatic heterocycles. The molecule has 0 spiro atoms. The van der Waals surface area contributed by atoms with Crippen LogP contribution in [-0.2, 0) is 21.9 Å². The monoisotopic (exact) mass is 461 g/mol. The van der Waals surface area contributed by atoms with Crippen molar-refractivity contribution in [3.63, 3.8) is 0 Å². The first-order valence-corrected chi connectivity index (χ1v) is 12.0. The summed E-state index contributed by atoms with van der Waals surface area (Å²) in [5.41, 5.74) is 0.843. The van der Waals surface area contributed by atoms with Gasteiger partial charge in [-0.1, -0.05) is 17.4 Å². The summed E-state index contributed by atoms with van der Waals surface area (Å²) in [5, 5.41) is 0. The maximum atomic E-state index is 13.2. The first kappa shape index (κ1) is 21.5. The van der Waals surface area contributed by atoms with E-state index in [2.05, 4.69) is 4.99 Å². The molecule has 0 bridgehead atoms. The van der Waals surface area contributed by atoms with Gasteiger partial charge in [-0.15, -0.1) is 0 Å². The maximum absolute atomic E-state index is 13.2. The highest BCUT2D eigenvalue weighted by Crippen LogP contribution is 2.29. The second kappa shape index (κ2) is 8.45. The van der Waals surface area contributed by atoms with Crippen molar-refractivity contribution < 1.29 is 22.7 Å². The Morgan fingerprint density at radius 2 is 1.87 bits per heavy atom. The van der Waals surface area contributed by atoms with E-state index in [1.807, 2.05) is 25.2 Å². The number of rotatable bonds is 5. The molecule has 4 rings (SSSR count). The van der Waals surface area contributed by atoms with Gasteiger partial charge in [-0.2, -0.15) is 9.30 Å². The molecule has 164 valence electrons. The topological polar surface area (TPSA) is 90.2 Å². The average Bonchev–Trinajstić information content (AvgIpc) is 3.40. The lowest BCUT2D eigenvalue weighted by molar-refractivity contribution is -0.121. The van der Waals surface area contributed by atoms with E-state index < -0.39 is 22.0 Å². The van der Waals surface area contributed by atoms with Gasteiger partial charge in [0, 0.05) is 13.6 Å². The predicted octanol–water partition coefficient (Wildman–Crippen LogP) is 2.54. The number of benzene rings is 2. The van der Waals surface area contributed by atoms with E-state index in [4.69, 9.17) is 9.47 Å². The number of para-hydroxylation sites is 1. The second-order valence-corrected chi connectivity index (χ2v) is 10.0. The number of nitrogens with zero attached hydrogens (tertiary/aromatic N) is 3. The lowest BCUT2D eigenvalue weighted by atomic mass is 10.2. The molecule has 1 unspecified atom stereocenters. The van der Waals surface area contributed by atoms with Crippen molar-refractivity contribution in [2.24, 2.45) is 12.0 Å². The van der Waals surface area contributed by atoms with Gasteiger partial charge < -0.3 is 14.0 Å². The highest BCUT2D eigenvalue weighted by molar-refractivity contribution is 7.89. The molecular weight excluding hydrogens is 438 g/mol. The molecule has 1 amide bonds. The number of hydrogen-bond acceptors (Lipinski definition) is 6. The van der Waals surface area contributed by atoms with E-state index >= 15 is 0 Å². The minimum absolute atomic E-state index is 0.130. The van der Waals surface area contributed by atoms with Crippen LogP contribution in [0.3, 0.4) is 0 Å². The van der Waals surface area contributed by atoms with Gasteiger partial charge in [0.25, 0.3) is 5.91 Å². The van der Waals surface area contributed by atoms with Gasteiger partial charge in [-0.3, -0.25) is 4.79 Å². The fraction of sp³-hybridized carbons (Fsp3) is 0.333. The predicted molar refractivity (Wildman–Crippen MR) is 118 cm³/mol. The molecule has 2 aromatic carbocycles. The fourth-order valence-electron chi connectivity index (χ4n) is 3.77. The van der Waals surface area contributed by atoms with Gasteiger partial charge in [0.1, 0.15) is 23.1 Å². The summed E-state index contributed by atoms with van der Waals surface area (Å²) in [5.74, 6) is 0.793. The zero-order valence-electron chi connectivity index (χ0n) is 17.4. The van der Waals surface area contributed by atoms with Crippen LogP contribution in [-0.4, -0.2) is 50.0 Å². The summed E-state index contributed by atoms with van der Waals surface area (Å²) in [6.45, 7) is 0.284. The summed E-state index contributed by atoms with van der Waals surface area (Å²) in [4.78, 5) is 18.0. The first-order valence-electron chi connectivity index (χ1n) is 9.74. The lowest BCUT2D eigenvalue weighted by Crippen LogP contribution is -2.40. The van der Waals surface area contributed by atoms with Crippen molar-refractivity contribution in [3.05, 3.63) is 47.3 Å². The van der Waals surface area contributed by atoms with Crippen LogP contribution in [0.25, 0.3) is 10.2 Å². The van der Waals surface area contributed by atoms with E-state index in [0.29, 0.717) is 29.1 Å². The largest absolute Gasteiger partial charge is 0.497 e. The standard InChI is InChI=1S/C21H23N3O5S2/c1-23-19-17(29-3)7-4-8-18(19)30-21(23)22-20(25)16-6-5-13-24(16)31(26,27)15-11-9-14(28-2)10-12-15/h4,7-12,16H,5-6,13H2,1-3H3. The molecule has 0 radical (unpaired) electrons. The fourth-order valence-corrected chi connectivity index (χ4v) is 6.46. The minimum Gasteiger partial charge on any atom is -0.497 e. The Kier molecular flexibility index (Phi) is 5.87. The number of hydrogen-bond donors (Lipinski definition) is 0. The Bertz CT molecular complexity index is 1290. The van der Waals surface area contributed by atoms with Gasteiger partial charge in [0.05, 0.1) is 23.8 Å². The van der Waals surface area contributed by atoms with Crippen molar-refractivity contribution in [1.29, 1.82) is 0 Å². The van der Waals surface area contributed by atoms with Crippen LogP contribution in [0, 0.1) is 0 Å². The van der Waals surface area contributed by atoms with Crippen LogP contribution in [0.5, 0.6) is 11.5 Å². The molecule has 8 nitrogen and oxygen atoms in total. The number of aromatic nitrogens is 1. The molecule has 0 N–H and O–H groups in total. The molecule has 1 aliphatic rings. The average molecular weight is 462 g/mol. The van der Waals surface area contributed by atoms with Crippen LogP contribution in [0.1, 0.15) is 12.8 Å². The van der Waals surface area contributed by atoms with E-state index in [-0.39, 0.29) is 11.4 Å². The maximum Gasteiger partial charge on any atom is 0.266 e. The zero-order valence-corrected chi connectivity index (χ0v) is 19.1. The number of thiazole rings is 1. The van der Waals surface area contributed by atoms with Crippen molar-refractivity contribution in [1.82, 2.24) is 8.87 Å². The van der Waals surface area contributed by atoms with Gasteiger partial charge in [0.15, 0.2) is 4.80 Å². The third-order valence-electron chi connectivity index (χ3n) is 5.37. The number of amides is 1. The molecule has 10 heteroatoms. The van der Waals surface area contributed by atoms with Crippen LogP contribution >= 0.6 is 11.3 Å². The Morgan fingerprint density at radius 1 is 1.13 bits per heavy atom. The number of fused-ring (bicyclic) bond motifs is 1. The Balaban J connectivity index is 1.68. The van der Waals surface area contributed by atoms with Crippen LogP contribution in [0.15, 0.2) is 52.4 Å². The number of carbonyl (C=O) groups excluding carboxylic acids is 1. The van der Waals surface area contributed by atoms with Crippen LogP contribution < -0.4 is 14.3 Å². The number of sulfonamides is 1. The summed E-state index contributed by atoms with van der Waals surface area (Å²) in [6, 6.07) is 11.0. The Morgan fingerprint density at radius 3 is 2.55 bits per heavy atom. The smallest absolute Gasteiger partial charge is 0.266 e. The normalized spacial score (nSPS) is 17.9. The van der Waals surface area contributed by atoms with Crippen molar-refractivity contribution in [2.45, 2.75) is 23.8 Å². The first-order chi connectivity index (χ1) is 14.9. The molecule has 1 fully saturated rings. The third-order valence-corrected chi connectivity index (χ3v) is 8.39. The molecule has 1 atom stereocenters. The highest BCUT2D eigenvalue weighted by atomic mass is 32.2. The highest BCUT2D eigenvalue weighted by Gasteiger charge is 2.39. The molecule has 1 saturated heterocycles.